The summed E-state index contributed by atoms with van der Waals surface area (Å²) in [5, 5.41) is 0.601. The molecule has 2 amide bonds. The standard InChI is InChI=1S/C27H27ClN2O3/c1-19-8-6-7-11-24(19)30-25(26(27(30)32)33-23-14-12-22(28)13-15-23)18-29(20(2)31)17-16-21-9-4-3-5-10-21/h3-15,25-26H,16-18H2,1-2H3/t25-,26-/m1/s1. The molecule has 6 heteroatoms. The van der Waals surface area contributed by atoms with E-state index in [2.05, 4.69) is 12.1 Å². The first-order valence-electron chi connectivity index (χ1n) is 11.0. The molecule has 2 atom stereocenters. The number of β-lactam (4-membered cyclic amide) rings is 1. The fourth-order valence-corrected chi connectivity index (χ4v) is 4.25. The smallest absolute Gasteiger partial charge is 0.270 e. The average molecular weight is 463 g/mol. The number of halogens is 1. The lowest BCUT2D eigenvalue weighted by atomic mass is 9.94. The van der Waals surface area contributed by atoms with E-state index < -0.39 is 6.10 Å². The van der Waals surface area contributed by atoms with Gasteiger partial charge in [0.25, 0.3) is 5.91 Å². The molecule has 0 unspecified atom stereocenters. The van der Waals surface area contributed by atoms with E-state index in [0.29, 0.717) is 23.9 Å². The highest BCUT2D eigenvalue weighted by Gasteiger charge is 2.51. The van der Waals surface area contributed by atoms with Gasteiger partial charge in [-0.15, -0.1) is 0 Å². The van der Waals surface area contributed by atoms with Crippen LogP contribution in [0.5, 0.6) is 5.75 Å². The van der Waals surface area contributed by atoms with Crippen LogP contribution in [0.3, 0.4) is 0 Å². The monoisotopic (exact) mass is 462 g/mol. The summed E-state index contributed by atoms with van der Waals surface area (Å²) < 4.78 is 6.08. The number of amides is 2. The van der Waals surface area contributed by atoms with Crippen molar-refractivity contribution in [2.45, 2.75) is 32.4 Å². The summed E-state index contributed by atoms with van der Waals surface area (Å²) in [7, 11) is 0. The van der Waals surface area contributed by atoms with Gasteiger partial charge in [-0.3, -0.25) is 14.5 Å². The molecule has 0 bridgehead atoms. The van der Waals surface area contributed by atoms with E-state index in [1.165, 1.54) is 0 Å². The number of ether oxygens (including phenoxy) is 1. The molecule has 0 radical (unpaired) electrons. The van der Waals surface area contributed by atoms with Gasteiger partial charge < -0.3 is 9.64 Å². The lowest BCUT2D eigenvalue weighted by Gasteiger charge is -2.48. The summed E-state index contributed by atoms with van der Waals surface area (Å²) in [6.07, 6.45) is 0.0677. The number of carbonyl (C=O) groups excluding carboxylic acids is 2. The first kappa shape index (κ1) is 22.9. The van der Waals surface area contributed by atoms with Crippen LogP contribution in [-0.2, 0) is 16.0 Å². The SMILES string of the molecule is CC(=O)N(CCc1ccccc1)C[C@@H]1[C@@H](Oc2ccc(Cl)cc2)C(=O)N1c1ccccc1C. The molecular weight excluding hydrogens is 436 g/mol. The second kappa shape index (κ2) is 10.1. The van der Waals surface area contributed by atoms with Gasteiger partial charge in [-0.1, -0.05) is 60.1 Å². The van der Waals surface area contributed by atoms with Crippen LogP contribution >= 0.6 is 11.6 Å². The maximum atomic E-state index is 13.2. The highest BCUT2D eigenvalue weighted by atomic mass is 35.5. The van der Waals surface area contributed by atoms with Crippen LogP contribution in [0, 0.1) is 6.92 Å². The zero-order valence-electron chi connectivity index (χ0n) is 18.8. The van der Waals surface area contributed by atoms with Gasteiger partial charge in [0.1, 0.15) is 11.8 Å². The lowest BCUT2D eigenvalue weighted by Crippen LogP contribution is -2.71. The number of rotatable bonds is 8. The van der Waals surface area contributed by atoms with Gasteiger partial charge in [-0.05, 0) is 54.8 Å². The van der Waals surface area contributed by atoms with Crippen LogP contribution in [0.2, 0.25) is 5.02 Å². The lowest BCUT2D eigenvalue weighted by molar-refractivity contribution is -0.138. The highest BCUT2D eigenvalue weighted by Crippen LogP contribution is 2.34. The molecule has 0 saturated carbocycles. The molecule has 1 fully saturated rings. The molecule has 1 aliphatic rings. The summed E-state index contributed by atoms with van der Waals surface area (Å²) in [4.78, 5) is 29.3. The Balaban J connectivity index is 1.56. The van der Waals surface area contributed by atoms with Crippen molar-refractivity contribution in [1.29, 1.82) is 0 Å². The van der Waals surface area contributed by atoms with Crippen molar-refractivity contribution in [1.82, 2.24) is 4.90 Å². The van der Waals surface area contributed by atoms with E-state index in [9.17, 15) is 9.59 Å². The Bertz CT molecular complexity index is 1120. The fraction of sp³-hybridized carbons (Fsp3) is 0.259. The van der Waals surface area contributed by atoms with E-state index in [0.717, 1.165) is 23.2 Å². The zero-order chi connectivity index (χ0) is 23.4. The number of anilines is 1. The van der Waals surface area contributed by atoms with Gasteiger partial charge in [0.15, 0.2) is 6.10 Å². The van der Waals surface area contributed by atoms with Crippen molar-refractivity contribution in [3.63, 3.8) is 0 Å². The molecule has 4 rings (SSSR count). The molecule has 33 heavy (non-hydrogen) atoms. The normalized spacial score (nSPS) is 17.4. The number of hydrogen-bond donors (Lipinski definition) is 0. The van der Waals surface area contributed by atoms with E-state index in [1.54, 1.807) is 41.0 Å². The maximum Gasteiger partial charge on any atom is 0.270 e. The van der Waals surface area contributed by atoms with Crippen molar-refractivity contribution in [3.8, 4) is 5.75 Å². The van der Waals surface area contributed by atoms with Gasteiger partial charge in [0.05, 0.1) is 0 Å². The van der Waals surface area contributed by atoms with Crippen LogP contribution in [-0.4, -0.2) is 41.9 Å². The van der Waals surface area contributed by atoms with Crippen LogP contribution in [0.4, 0.5) is 5.69 Å². The number of para-hydroxylation sites is 1. The number of aryl methyl sites for hydroxylation is 1. The highest BCUT2D eigenvalue weighted by molar-refractivity contribution is 6.30. The Morgan fingerprint density at radius 2 is 1.67 bits per heavy atom. The second-order valence-electron chi connectivity index (χ2n) is 8.26. The molecule has 1 heterocycles. The summed E-state index contributed by atoms with van der Waals surface area (Å²) >= 11 is 5.99. The molecule has 170 valence electrons. The number of nitrogens with zero attached hydrogens (tertiary/aromatic N) is 2. The van der Waals surface area contributed by atoms with Crippen LogP contribution in [0.1, 0.15) is 18.1 Å². The van der Waals surface area contributed by atoms with E-state index in [1.807, 2.05) is 49.4 Å². The van der Waals surface area contributed by atoms with Gasteiger partial charge in [0.2, 0.25) is 5.91 Å². The zero-order valence-corrected chi connectivity index (χ0v) is 19.5. The Kier molecular flexibility index (Phi) is 6.99. The minimum Gasteiger partial charge on any atom is -0.478 e. The average Bonchev–Trinajstić information content (AvgIpc) is 2.82. The minimum absolute atomic E-state index is 0.0275. The number of carbonyl (C=O) groups is 2. The van der Waals surface area contributed by atoms with E-state index >= 15 is 0 Å². The third-order valence-electron chi connectivity index (χ3n) is 5.98. The van der Waals surface area contributed by atoms with Gasteiger partial charge >= 0.3 is 0 Å². The van der Waals surface area contributed by atoms with Crippen LogP contribution in [0.25, 0.3) is 0 Å². The number of hydrogen-bond acceptors (Lipinski definition) is 3. The van der Waals surface area contributed by atoms with E-state index in [4.69, 9.17) is 16.3 Å². The van der Waals surface area contributed by atoms with Crippen molar-refractivity contribution in [3.05, 3.63) is 95.0 Å². The molecule has 0 aromatic heterocycles. The van der Waals surface area contributed by atoms with Gasteiger partial charge in [-0.2, -0.15) is 0 Å². The van der Waals surface area contributed by atoms with E-state index in [-0.39, 0.29) is 17.9 Å². The third-order valence-corrected chi connectivity index (χ3v) is 6.23. The van der Waals surface area contributed by atoms with Crippen LogP contribution in [0.15, 0.2) is 78.9 Å². The Morgan fingerprint density at radius 1 is 1.00 bits per heavy atom. The second-order valence-corrected chi connectivity index (χ2v) is 8.69. The molecule has 0 N–H and O–H groups in total. The Hall–Kier alpha value is -3.31. The van der Waals surface area contributed by atoms with Crippen LogP contribution < -0.4 is 9.64 Å². The quantitative estimate of drug-likeness (QED) is 0.447. The summed E-state index contributed by atoms with van der Waals surface area (Å²) in [5.74, 6) is 0.432. The molecule has 0 aliphatic carbocycles. The predicted molar refractivity (Wildman–Crippen MR) is 131 cm³/mol. The first-order chi connectivity index (χ1) is 15.9. The van der Waals surface area contributed by atoms with Crippen molar-refractivity contribution in [2.24, 2.45) is 0 Å². The largest absolute Gasteiger partial charge is 0.478 e. The predicted octanol–water partition coefficient (Wildman–Crippen LogP) is 4.90. The van der Waals surface area contributed by atoms with Crippen molar-refractivity contribution in [2.75, 3.05) is 18.0 Å². The first-order valence-corrected chi connectivity index (χ1v) is 11.4. The van der Waals surface area contributed by atoms with Crippen molar-refractivity contribution >= 4 is 29.1 Å². The summed E-state index contributed by atoms with van der Waals surface area (Å²) in [6, 6.07) is 24.5. The van der Waals surface area contributed by atoms with Gasteiger partial charge in [0, 0.05) is 30.7 Å². The fourth-order valence-electron chi connectivity index (χ4n) is 4.13. The minimum atomic E-state index is -0.677. The summed E-state index contributed by atoms with van der Waals surface area (Å²) in [6.45, 7) is 4.50. The molecule has 1 aliphatic heterocycles. The third kappa shape index (κ3) is 5.20. The molecule has 1 saturated heterocycles. The molecule has 3 aromatic rings. The maximum absolute atomic E-state index is 13.2. The molecule has 3 aromatic carbocycles. The molecule has 5 nitrogen and oxygen atoms in total. The Labute approximate surface area is 199 Å². The molecular formula is C27H27ClN2O3. The van der Waals surface area contributed by atoms with Gasteiger partial charge in [-0.25, -0.2) is 0 Å². The van der Waals surface area contributed by atoms with Crippen molar-refractivity contribution < 1.29 is 14.3 Å². The number of benzene rings is 3. The topological polar surface area (TPSA) is 49.9 Å². The molecule has 0 spiro atoms. The summed E-state index contributed by atoms with van der Waals surface area (Å²) in [5.41, 5.74) is 3.01. The Morgan fingerprint density at radius 3 is 2.33 bits per heavy atom.